The van der Waals surface area contributed by atoms with Crippen LogP contribution in [-0.4, -0.2) is 11.1 Å². The zero-order valence-corrected chi connectivity index (χ0v) is 7.26. The van der Waals surface area contributed by atoms with Crippen molar-refractivity contribution >= 4 is 5.91 Å². The van der Waals surface area contributed by atoms with Crippen molar-refractivity contribution in [3.63, 3.8) is 0 Å². The molecule has 0 radical (unpaired) electrons. The van der Waals surface area contributed by atoms with Crippen LogP contribution in [0.5, 0.6) is 0 Å². The molecule has 0 saturated carbocycles. The first-order valence-corrected chi connectivity index (χ1v) is 3.81. The van der Waals surface area contributed by atoms with Crippen LogP contribution < -0.4 is 5.73 Å². The number of aryl methyl sites for hydroxylation is 2. The van der Waals surface area contributed by atoms with E-state index in [1.165, 1.54) is 0 Å². The van der Waals surface area contributed by atoms with Gasteiger partial charge in [-0.25, -0.2) is 0 Å². The Labute approximate surface area is 70.7 Å². The largest absolute Gasteiger partial charge is 0.370 e. The van der Waals surface area contributed by atoms with Gasteiger partial charge in [0.2, 0.25) is 5.91 Å². The van der Waals surface area contributed by atoms with Gasteiger partial charge in [-0.15, -0.1) is 0 Å². The van der Waals surface area contributed by atoms with Crippen molar-refractivity contribution in [2.24, 2.45) is 5.73 Å². The summed E-state index contributed by atoms with van der Waals surface area (Å²) in [5.74, 6) is 0.476. The van der Waals surface area contributed by atoms with E-state index in [4.69, 9.17) is 10.3 Å². The lowest BCUT2D eigenvalue weighted by Gasteiger charge is -1.95. The number of carbonyl (C=O) groups is 1. The van der Waals surface area contributed by atoms with Crippen molar-refractivity contribution in [1.29, 1.82) is 0 Å². The Hall–Kier alpha value is -1.32. The SMILES string of the molecule is Cc1noc(C)c1CCC(N)=O. The third kappa shape index (κ3) is 1.84. The van der Waals surface area contributed by atoms with Crippen molar-refractivity contribution in [2.45, 2.75) is 26.7 Å². The molecule has 0 aliphatic carbocycles. The molecule has 1 amide bonds. The number of primary amides is 1. The fraction of sp³-hybridized carbons (Fsp3) is 0.500. The monoisotopic (exact) mass is 168 g/mol. The van der Waals surface area contributed by atoms with E-state index in [1.54, 1.807) is 0 Å². The quantitative estimate of drug-likeness (QED) is 0.722. The fourth-order valence-corrected chi connectivity index (χ4v) is 1.11. The molecule has 0 bridgehead atoms. The third-order valence-electron chi connectivity index (χ3n) is 1.80. The van der Waals surface area contributed by atoms with E-state index in [2.05, 4.69) is 5.16 Å². The highest BCUT2D eigenvalue weighted by atomic mass is 16.5. The van der Waals surface area contributed by atoms with E-state index in [0.29, 0.717) is 12.8 Å². The molecule has 4 heteroatoms. The molecule has 1 rings (SSSR count). The summed E-state index contributed by atoms with van der Waals surface area (Å²) in [6.45, 7) is 3.68. The zero-order valence-electron chi connectivity index (χ0n) is 7.26. The van der Waals surface area contributed by atoms with Gasteiger partial charge in [-0.3, -0.25) is 4.79 Å². The topological polar surface area (TPSA) is 69.1 Å². The van der Waals surface area contributed by atoms with Crippen LogP contribution >= 0.6 is 0 Å². The third-order valence-corrected chi connectivity index (χ3v) is 1.80. The van der Waals surface area contributed by atoms with Crippen LogP contribution in [0.3, 0.4) is 0 Å². The van der Waals surface area contributed by atoms with Crippen molar-refractivity contribution in [3.8, 4) is 0 Å². The van der Waals surface area contributed by atoms with Gasteiger partial charge in [-0.1, -0.05) is 5.16 Å². The Balaban J connectivity index is 2.68. The van der Waals surface area contributed by atoms with Gasteiger partial charge in [-0.05, 0) is 20.3 Å². The molecule has 1 heterocycles. The molecular weight excluding hydrogens is 156 g/mol. The Bertz CT molecular complexity index is 272. The lowest BCUT2D eigenvalue weighted by atomic mass is 10.1. The number of hydrogen-bond donors (Lipinski definition) is 1. The van der Waals surface area contributed by atoms with Crippen molar-refractivity contribution in [2.75, 3.05) is 0 Å². The molecule has 1 aromatic heterocycles. The van der Waals surface area contributed by atoms with Crippen LogP contribution in [0.25, 0.3) is 0 Å². The number of rotatable bonds is 3. The first kappa shape index (κ1) is 8.77. The molecule has 1 aromatic rings. The molecule has 0 atom stereocenters. The molecule has 0 spiro atoms. The van der Waals surface area contributed by atoms with Crippen LogP contribution in [0.15, 0.2) is 4.52 Å². The molecule has 12 heavy (non-hydrogen) atoms. The summed E-state index contributed by atoms with van der Waals surface area (Å²) in [4.78, 5) is 10.5. The molecule has 0 saturated heterocycles. The molecular formula is C8H12N2O2. The van der Waals surface area contributed by atoms with Gasteiger partial charge >= 0.3 is 0 Å². The lowest BCUT2D eigenvalue weighted by molar-refractivity contribution is -0.117. The Morgan fingerprint density at radius 2 is 2.25 bits per heavy atom. The summed E-state index contributed by atoms with van der Waals surface area (Å²) in [6, 6.07) is 0. The molecule has 0 unspecified atom stereocenters. The number of hydrogen-bond acceptors (Lipinski definition) is 3. The lowest BCUT2D eigenvalue weighted by Crippen LogP contribution is -2.11. The summed E-state index contributed by atoms with van der Waals surface area (Å²) in [5.41, 5.74) is 6.85. The summed E-state index contributed by atoms with van der Waals surface area (Å²) in [7, 11) is 0. The average molecular weight is 168 g/mol. The first-order valence-electron chi connectivity index (χ1n) is 3.81. The van der Waals surface area contributed by atoms with Crippen molar-refractivity contribution < 1.29 is 9.32 Å². The van der Waals surface area contributed by atoms with Crippen LogP contribution in [-0.2, 0) is 11.2 Å². The van der Waals surface area contributed by atoms with Gasteiger partial charge in [0, 0.05) is 12.0 Å². The van der Waals surface area contributed by atoms with Gasteiger partial charge in [0.25, 0.3) is 0 Å². The van der Waals surface area contributed by atoms with Gasteiger partial charge in [-0.2, -0.15) is 0 Å². The minimum atomic E-state index is -0.296. The van der Waals surface area contributed by atoms with E-state index in [0.717, 1.165) is 17.0 Å². The second-order valence-electron chi connectivity index (χ2n) is 2.77. The smallest absolute Gasteiger partial charge is 0.217 e. The van der Waals surface area contributed by atoms with Crippen LogP contribution in [0.2, 0.25) is 0 Å². The van der Waals surface area contributed by atoms with E-state index < -0.39 is 0 Å². The molecule has 0 aliphatic heterocycles. The van der Waals surface area contributed by atoms with E-state index >= 15 is 0 Å². The van der Waals surface area contributed by atoms with Gasteiger partial charge in [0.15, 0.2) is 0 Å². The normalized spacial score (nSPS) is 10.2. The highest BCUT2D eigenvalue weighted by Crippen LogP contribution is 2.13. The molecule has 4 nitrogen and oxygen atoms in total. The fourth-order valence-electron chi connectivity index (χ4n) is 1.11. The summed E-state index contributed by atoms with van der Waals surface area (Å²) < 4.78 is 4.93. The summed E-state index contributed by atoms with van der Waals surface area (Å²) in [5, 5.41) is 3.77. The highest BCUT2D eigenvalue weighted by Gasteiger charge is 2.09. The van der Waals surface area contributed by atoms with Crippen molar-refractivity contribution in [3.05, 3.63) is 17.0 Å². The summed E-state index contributed by atoms with van der Waals surface area (Å²) in [6.07, 6.45) is 0.972. The van der Waals surface area contributed by atoms with E-state index in [1.807, 2.05) is 13.8 Å². The highest BCUT2D eigenvalue weighted by molar-refractivity contribution is 5.74. The van der Waals surface area contributed by atoms with Crippen molar-refractivity contribution in [1.82, 2.24) is 5.16 Å². The molecule has 0 aliphatic rings. The van der Waals surface area contributed by atoms with E-state index in [9.17, 15) is 4.79 Å². The van der Waals surface area contributed by atoms with Gasteiger partial charge < -0.3 is 10.3 Å². The second kappa shape index (κ2) is 3.38. The van der Waals surface area contributed by atoms with Gasteiger partial charge in [0.05, 0.1) is 5.69 Å². The Morgan fingerprint density at radius 3 is 2.67 bits per heavy atom. The average Bonchev–Trinajstić information content (AvgIpc) is 2.28. The number of amides is 1. The zero-order chi connectivity index (χ0) is 9.14. The summed E-state index contributed by atoms with van der Waals surface area (Å²) >= 11 is 0. The molecule has 66 valence electrons. The maximum atomic E-state index is 10.5. The first-order chi connectivity index (χ1) is 5.61. The maximum Gasteiger partial charge on any atom is 0.217 e. The van der Waals surface area contributed by atoms with E-state index in [-0.39, 0.29) is 5.91 Å². The Morgan fingerprint density at radius 1 is 1.58 bits per heavy atom. The van der Waals surface area contributed by atoms with Gasteiger partial charge in [0.1, 0.15) is 5.76 Å². The minimum absolute atomic E-state index is 0.296. The predicted molar refractivity (Wildman–Crippen MR) is 43.5 cm³/mol. The predicted octanol–water partition coefficient (Wildman–Crippen LogP) is 0.709. The number of aromatic nitrogens is 1. The molecule has 0 fully saturated rings. The Kier molecular flexibility index (Phi) is 2.47. The van der Waals surface area contributed by atoms with Crippen LogP contribution in [0.1, 0.15) is 23.4 Å². The van der Waals surface area contributed by atoms with Crippen LogP contribution in [0.4, 0.5) is 0 Å². The minimum Gasteiger partial charge on any atom is -0.370 e. The number of nitrogens with two attached hydrogens (primary N) is 1. The number of carbonyl (C=O) groups excluding carboxylic acids is 1. The molecule has 0 aromatic carbocycles. The maximum absolute atomic E-state index is 10.5. The second-order valence-corrected chi connectivity index (χ2v) is 2.77. The molecule has 2 N–H and O–H groups in total. The standard InChI is InChI=1S/C8H12N2O2/c1-5-7(3-4-8(9)11)6(2)12-10-5/h3-4H2,1-2H3,(H2,9,11). The van der Waals surface area contributed by atoms with Crippen LogP contribution in [0, 0.1) is 13.8 Å². The number of nitrogens with zero attached hydrogens (tertiary/aromatic N) is 1.